The minimum Gasteiger partial charge on any atom is -0.468 e. The van der Waals surface area contributed by atoms with Crippen LogP contribution in [0, 0.1) is 12.8 Å². The van der Waals surface area contributed by atoms with Crippen molar-refractivity contribution in [3.8, 4) is 0 Å². The second-order valence-electron chi connectivity index (χ2n) is 5.88. The van der Waals surface area contributed by atoms with Crippen molar-refractivity contribution in [2.75, 3.05) is 20.8 Å². The number of ether oxygens (including phenoxy) is 1. The SMILES string of the molecule is COC(=O)[C@@]1(C)C[C@H](CO)[C@@H](c2ccc(C)cc2)N1C. The van der Waals surface area contributed by atoms with E-state index in [9.17, 15) is 9.90 Å². The lowest BCUT2D eigenvalue weighted by Gasteiger charge is -2.33. The number of aliphatic hydroxyl groups excluding tert-OH is 1. The Kier molecular flexibility index (Phi) is 4.16. The number of methoxy groups -OCH3 is 1. The van der Waals surface area contributed by atoms with Crippen molar-refractivity contribution in [3.63, 3.8) is 0 Å². The number of aryl methyl sites for hydroxylation is 1. The fourth-order valence-corrected chi connectivity index (χ4v) is 3.26. The molecule has 0 aromatic heterocycles. The fourth-order valence-electron chi connectivity index (χ4n) is 3.26. The molecule has 0 bridgehead atoms. The second kappa shape index (κ2) is 5.54. The van der Waals surface area contributed by atoms with Gasteiger partial charge in [-0.2, -0.15) is 0 Å². The third-order valence-corrected chi connectivity index (χ3v) is 4.58. The summed E-state index contributed by atoms with van der Waals surface area (Å²) in [6.45, 7) is 4.00. The zero-order valence-corrected chi connectivity index (χ0v) is 12.6. The first-order valence-corrected chi connectivity index (χ1v) is 6.93. The van der Waals surface area contributed by atoms with E-state index in [1.807, 2.05) is 25.8 Å². The number of benzene rings is 1. The molecule has 4 nitrogen and oxygen atoms in total. The Bertz CT molecular complexity index is 485. The second-order valence-corrected chi connectivity index (χ2v) is 5.88. The van der Waals surface area contributed by atoms with Crippen LogP contribution in [-0.2, 0) is 9.53 Å². The van der Waals surface area contributed by atoms with Crippen molar-refractivity contribution in [3.05, 3.63) is 35.4 Å². The van der Waals surface area contributed by atoms with Gasteiger partial charge in [0.1, 0.15) is 5.54 Å². The van der Waals surface area contributed by atoms with Crippen LogP contribution < -0.4 is 0 Å². The van der Waals surface area contributed by atoms with Gasteiger partial charge in [0.05, 0.1) is 7.11 Å². The van der Waals surface area contributed by atoms with Crippen LogP contribution in [0.3, 0.4) is 0 Å². The molecule has 0 spiro atoms. The van der Waals surface area contributed by atoms with Crippen LogP contribution >= 0.6 is 0 Å². The maximum absolute atomic E-state index is 12.1. The number of carbonyl (C=O) groups is 1. The van der Waals surface area contributed by atoms with Gasteiger partial charge in [0.25, 0.3) is 0 Å². The highest BCUT2D eigenvalue weighted by molar-refractivity contribution is 5.80. The fraction of sp³-hybridized carbons (Fsp3) is 0.562. The van der Waals surface area contributed by atoms with Crippen LogP contribution in [0.4, 0.5) is 0 Å². The standard InChI is InChI=1S/C16H23NO3/c1-11-5-7-12(8-6-11)14-13(10-18)9-16(2,17(14)3)15(19)20-4/h5-8,13-14,18H,9-10H2,1-4H3/t13-,14-,16-/m1/s1. The lowest BCUT2D eigenvalue weighted by Crippen LogP contribution is -2.47. The number of likely N-dealkylation sites (tertiary alicyclic amines) is 1. The van der Waals surface area contributed by atoms with Gasteiger partial charge in [0, 0.05) is 18.6 Å². The first-order valence-electron chi connectivity index (χ1n) is 6.93. The zero-order valence-electron chi connectivity index (χ0n) is 12.6. The molecule has 1 aromatic rings. The maximum Gasteiger partial charge on any atom is 0.326 e. The predicted molar refractivity (Wildman–Crippen MR) is 77.3 cm³/mol. The first kappa shape index (κ1) is 15.0. The number of aliphatic hydroxyl groups is 1. The van der Waals surface area contributed by atoms with Crippen LogP contribution in [0.1, 0.15) is 30.5 Å². The van der Waals surface area contributed by atoms with Crippen LogP contribution in [0.25, 0.3) is 0 Å². The van der Waals surface area contributed by atoms with Gasteiger partial charge in [-0.05, 0) is 32.9 Å². The van der Waals surface area contributed by atoms with Crippen LogP contribution in [0.5, 0.6) is 0 Å². The van der Waals surface area contributed by atoms with E-state index in [2.05, 4.69) is 24.3 Å². The molecule has 1 aliphatic heterocycles. The smallest absolute Gasteiger partial charge is 0.326 e. The Labute approximate surface area is 120 Å². The summed E-state index contributed by atoms with van der Waals surface area (Å²) in [6, 6.07) is 8.30. The van der Waals surface area contributed by atoms with E-state index in [1.165, 1.54) is 12.7 Å². The van der Waals surface area contributed by atoms with E-state index < -0.39 is 5.54 Å². The van der Waals surface area contributed by atoms with E-state index in [4.69, 9.17) is 4.74 Å². The highest BCUT2D eigenvalue weighted by Crippen LogP contribution is 2.45. The minimum atomic E-state index is -0.683. The molecule has 1 saturated heterocycles. The molecule has 1 heterocycles. The van der Waals surface area contributed by atoms with Gasteiger partial charge in [-0.1, -0.05) is 29.8 Å². The monoisotopic (exact) mass is 277 g/mol. The molecule has 1 N–H and O–H groups in total. The predicted octanol–water partition coefficient (Wildman–Crippen LogP) is 1.91. The molecule has 4 heteroatoms. The van der Waals surface area contributed by atoms with E-state index in [1.54, 1.807) is 0 Å². The molecule has 0 unspecified atom stereocenters. The molecule has 0 saturated carbocycles. The molecule has 1 aromatic carbocycles. The van der Waals surface area contributed by atoms with Gasteiger partial charge in [-0.3, -0.25) is 9.69 Å². The van der Waals surface area contributed by atoms with E-state index >= 15 is 0 Å². The van der Waals surface area contributed by atoms with E-state index in [0.29, 0.717) is 6.42 Å². The molecule has 0 radical (unpaired) electrons. The quantitative estimate of drug-likeness (QED) is 0.858. The van der Waals surface area contributed by atoms with Crippen molar-refractivity contribution in [1.82, 2.24) is 4.90 Å². The average molecular weight is 277 g/mol. The largest absolute Gasteiger partial charge is 0.468 e. The molecule has 3 atom stereocenters. The molecule has 1 fully saturated rings. The van der Waals surface area contributed by atoms with Crippen LogP contribution in [0.15, 0.2) is 24.3 Å². The van der Waals surface area contributed by atoms with Crippen molar-refractivity contribution in [1.29, 1.82) is 0 Å². The summed E-state index contributed by atoms with van der Waals surface area (Å²) in [5.41, 5.74) is 1.65. The lowest BCUT2D eigenvalue weighted by molar-refractivity contribution is -0.152. The molecule has 1 aliphatic rings. The van der Waals surface area contributed by atoms with E-state index in [0.717, 1.165) is 5.56 Å². The number of rotatable bonds is 3. The summed E-state index contributed by atoms with van der Waals surface area (Å²) >= 11 is 0. The van der Waals surface area contributed by atoms with E-state index in [-0.39, 0.29) is 24.5 Å². The summed E-state index contributed by atoms with van der Waals surface area (Å²) in [6.07, 6.45) is 0.602. The highest BCUT2D eigenvalue weighted by atomic mass is 16.5. The van der Waals surface area contributed by atoms with Crippen molar-refractivity contribution < 1.29 is 14.6 Å². The summed E-state index contributed by atoms with van der Waals surface area (Å²) in [5, 5.41) is 9.68. The van der Waals surface area contributed by atoms with Crippen molar-refractivity contribution >= 4 is 5.97 Å². The summed E-state index contributed by atoms with van der Waals surface area (Å²) in [7, 11) is 3.34. The Hall–Kier alpha value is -1.39. The molecule has 0 amide bonds. The zero-order chi connectivity index (χ0) is 14.9. The van der Waals surface area contributed by atoms with Gasteiger partial charge in [0.2, 0.25) is 0 Å². The van der Waals surface area contributed by atoms with Gasteiger partial charge in [0.15, 0.2) is 0 Å². The summed E-state index contributed by atoms with van der Waals surface area (Å²) in [4.78, 5) is 14.1. The third kappa shape index (κ3) is 2.34. The molecule has 2 rings (SSSR count). The molecule has 20 heavy (non-hydrogen) atoms. The van der Waals surface area contributed by atoms with Crippen LogP contribution in [0.2, 0.25) is 0 Å². The molecular weight excluding hydrogens is 254 g/mol. The first-order chi connectivity index (χ1) is 9.43. The lowest BCUT2D eigenvalue weighted by atomic mass is 9.90. The summed E-state index contributed by atoms with van der Waals surface area (Å²) in [5.74, 6) is -0.208. The molecular formula is C16H23NO3. The highest BCUT2D eigenvalue weighted by Gasteiger charge is 2.52. The van der Waals surface area contributed by atoms with Gasteiger partial charge in [-0.25, -0.2) is 0 Å². The minimum absolute atomic E-state index is 0.0321. The Morgan fingerprint density at radius 2 is 2.05 bits per heavy atom. The number of hydrogen-bond acceptors (Lipinski definition) is 4. The number of hydrogen-bond donors (Lipinski definition) is 1. The van der Waals surface area contributed by atoms with Crippen LogP contribution in [-0.4, -0.2) is 42.3 Å². The number of esters is 1. The summed E-state index contributed by atoms with van der Waals surface area (Å²) < 4.78 is 4.94. The Morgan fingerprint density at radius 3 is 2.55 bits per heavy atom. The Morgan fingerprint density at radius 1 is 1.45 bits per heavy atom. The number of likely N-dealkylation sites (N-methyl/N-ethyl adjacent to an activating group) is 1. The normalized spacial score (nSPS) is 30.4. The van der Waals surface area contributed by atoms with Gasteiger partial charge >= 0.3 is 5.97 Å². The average Bonchev–Trinajstić information content (AvgIpc) is 2.72. The number of nitrogens with zero attached hydrogens (tertiary/aromatic N) is 1. The number of carbonyl (C=O) groups excluding carboxylic acids is 1. The van der Waals surface area contributed by atoms with Crippen molar-refractivity contribution in [2.24, 2.45) is 5.92 Å². The topological polar surface area (TPSA) is 49.8 Å². The van der Waals surface area contributed by atoms with Crippen molar-refractivity contribution in [2.45, 2.75) is 31.8 Å². The van der Waals surface area contributed by atoms with Gasteiger partial charge in [-0.15, -0.1) is 0 Å². The Balaban J connectivity index is 2.37. The van der Waals surface area contributed by atoms with Gasteiger partial charge < -0.3 is 9.84 Å². The molecule has 110 valence electrons. The third-order valence-electron chi connectivity index (χ3n) is 4.58. The molecule has 0 aliphatic carbocycles. The maximum atomic E-state index is 12.1.